The normalized spacial score (nSPS) is 21.7. The van der Waals surface area contributed by atoms with Crippen LogP contribution >= 0.6 is 11.8 Å². The number of thioether (sulfide) groups is 1. The lowest BCUT2D eigenvalue weighted by Crippen LogP contribution is -2.70. The van der Waals surface area contributed by atoms with Gasteiger partial charge in [0, 0.05) is 22.8 Å². The van der Waals surface area contributed by atoms with Gasteiger partial charge in [0.15, 0.2) is 5.75 Å². The Bertz CT molecular complexity index is 1460. The van der Waals surface area contributed by atoms with Gasteiger partial charge in [-0.25, -0.2) is 4.79 Å². The molecule has 37 heavy (non-hydrogen) atoms. The molecule has 0 aliphatic carbocycles. The molecule has 0 saturated carbocycles. The highest BCUT2D eigenvalue weighted by molar-refractivity contribution is 8.01. The molecule has 1 unspecified atom stereocenters. The molecule has 11 nitrogen and oxygen atoms in total. The third-order valence-corrected chi connectivity index (χ3v) is 8.02. The van der Waals surface area contributed by atoms with Gasteiger partial charge in [0.05, 0.1) is 11.9 Å². The summed E-state index contributed by atoms with van der Waals surface area (Å²) in [4.78, 5) is 59.7. The minimum absolute atomic E-state index is 0.0699. The molecule has 1 aromatic carbocycles. The van der Waals surface area contributed by atoms with E-state index in [0.29, 0.717) is 16.8 Å². The summed E-state index contributed by atoms with van der Waals surface area (Å²) >= 11 is 1.34. The smallest absolute Gasteiger partial charge is 0.327 e. The Morgan fingerprint density at radius 1 is 1.14 bits per heavy atom. The third kappa shape index (κ3) is 4.22. The Kier molecular flexibility index (Phi) is 5.98. The lowest BCUT2D eigenvalue weighted by atomic mass is 9.96. The van der Waals surface area contributed by atoms with Gasteiger partial charge >= 0.3 is 5.97 Å². The molecule has 0 radical (unpaired) electrons. The second-order valence-electron chi connectivity index (χ2n) is 9.32. The predicted molar refractivity (Wildman–Crippen MR) is 135 cm³/mol. The van der Waals surface area contributed by atoms with E-state index < -0.39 is 45.9 Å². The van der Waals surface area contributed by atoms with Crippen LogP contribution in [0.3, 0.4) is 0 Å². The number of aromatic hydroxyl groups is 1. The number of para-hydroxylation sites is 1. The van der Waals surface area contributed by atoms with Crippen molar-refractivity contribution in [2.75, 3.05) is 5.32 Å². The average molecular weight is 522 g/mol. The van der Waals surface area contributed by atoms with E-state index in [1.54, 1.807) is 50.2 Å². The van der Waals surface area contributed by atoms with Gasteiger partial charge in [-0.2, -0.15) is 0 Å². The first kappa shape index (κ1) is 24.5. The van der Waals surface area contributed by atoms with Gasteiger partial charge in [-0.1, -0.05) is 18.2 Å². The van der Waals surface area contributed by atoms with Crippen molar-refractivity contribution >= 4 is 52.2 Å². The summed E-state index contributed by atoms with van der Waals surface area (Å²) in [5.74, 6) is -2.89. The highest BCUT2D eigenvalue weighted by Gasteiger charge is 2.64. The number of amides is 3. The summed E-state index contributed by atoms with van der Waals surface area (Å²) in [7, 11) is 0. The Morgan fingerprint density at radius 3 is 2.65 bits per heavy atom. The van der Waals surface area contributed by atoms with Crippen LogP contribution in [0.1, 0.15) is 29.8 Å². The van der Waals surface area contributed by atoms with Crippen molar-refractivity contribution in [3.8, 4) is 5.75 Å². The SMILES string of the molecule is CC1(C)S[C@@H]2C(NC(=O)Cc3ccccc3NC(=O)c3cnc4cccnc4c3O)C(=O)N2[C@H]1C(=O)O. The molecule has 12 heteroatoms. The number of hydrogen-bond donors (Lipinski definition) is 4. The number of β-lactam (4-membered cyclic amide) rings is 1. The van der Waals surface area contributed by atoms with Gasteiger partial charge in [-0.3, -0.25) is 24.4 Å². The number of aromatic nitrogens is 2. The van der Waals surface area contributed by atoms with E-state index in [9.17, 15) is 29.4 Å². The molecule has 2 aromatic heterocycles. The van der Waals surface area contributed by atoms with E-state index in [0.717, 1.165) is 0 Å². The zero-order chi connectivity index (χ0) is 26.5. The number of nitrogens with zero attached hydrogens (tertiary/aromatic N) is 3. The second-order valence-corrected chi connectivity index (χ2v) is 11.1. The summed E-state index contributed by atoms with van der Waals surface area (Å²) in [5.41, 5.74) is 1.41. The largest absolute Gasteiger partial charge is 0.505 e. The number of carboxylic acids is 1. The van der Waals surface area contributed by atoms with Crippen LogP contribution in [0.15, 0.2) is 48.8 Å². The van der Waals surface area contributed by atoms with Gasteiger partial charge < -0.3 is 25.7 Å². The fourth-order valence-electron chi connectivity index (χ4n) is 4.70. The number of hydrogen-bond acceptors (Lipinski definition) is 8. The first-order valence-corrected chi connectivity index (χ1v) is 12.3. The van der Waals surface area contributed by atoms with Crippen molar-refractivity contribution in [1.29, 1.82) is 0 Å². The first-order valence-electron chi connectivity index (χ1n) is 11.4. The Balaban J connectivity index is 1.28. The standard InChI is InChI=1S/C25H23N5O6S/c1-25(2)20(24(35)36)30-22(34)18(23(30)37-25)29-16(31)10-12-6-3-4-7-14(12)28-21(33)13-11-27-15-8-5-9-26-17(15)19(13)32/h3-9,11,18,20,23H,10H2,1-2H3,(H,27,32)(H,28,33)(H,29,31)(H,35,36)/t18?,20-,23+/m0/s1. The van der Waals surface area contributed by atoms with E-state index in [-0.39, 0.29) is 23.3 Å². The number of carbonyl (C=O) groups is 4. The number of aliphatic carboxylic acids is 1. The number of fused-ring (bicyclic) bond motifs is 2. The first-order chi connectivity index (χ1) is 17.6. The van der Waals surface area contributed by atoms with Crippen molar-refractivity contribution in [2.45, 2.75) is 42.5 Å². The van der Waals surface area contributed by atoms with Crippen molar-refractivity contribution in [1.82, 2.24) is 20.2 Å². The molecule has 2 aliphatic heterocycles. The summed E-state index contributed by atoms with van der Waals surface area (Å²) in [6.45, 7) is 3.53. The molecular weight excluding hydrogens is 498 g/mol. The van der Waals surface area contributed by atoms with Crippen LogP contribution in [0, 0.1) is 0 Å². The molecule has 2 fully saturated rings. The minimum atomic E-state index is -1.08. The molecule has 2 aliphatic rings. The zero-order valence-electron chi connectivity index (χ0n) is 19.8. The lowest BCUT2D eigenvalue weighted by Gasteiger charge is -2.43. The fraction of sp³-hybridized carbons (Fsp3) is 0.280. The summed E-state index contributed by atoms with van der Waals surface area (Å²) in [5, 5.41) is 25.0. The van der Waals surface area contributed by atoms with Gasteiger partial charge in [-0.15, -0.1) is 11.8 Å². The number of rotatable bonds is 6. The van der Waals surface area contributed by atoms with Crippen molar-refractivity contribution < 1.29 is 29.4 Å². The van der Waals surface area contributed by atoms with Crippen LogP contribution < -0.4 is 10.6 Å². The van der Waals surface area contributed by atoms with Crippen molar-refractivity contribution in [2.24, 2.45) is 0 Å². The molecule has 2 saturated heterocycles. The number of carbonyl (C=O) groups excluding carboxylic acids is 3. The van der Waals surface area contributed by atoms with E-state index >= 15 is 0 Å². The van der Waals surface area contributed by atoms with Gasteiger partial charge in [0.25, 0.3) is 5.91 Å². The average Bonchev–Trinajstić information content (AvgIpc) is 3.12. The Hall–Kier alpha value is -4.19. The Morgan fingerprint density at radius 2 is 1.89 bits per heavy atom. The molecule has 190 valence electrons. The molecule has 4 N–H and O–H groups in total. The number of carboxylic acid groups (broad SMARTS) is 1. The minimum Gasteiger partial charge on any atom is -0.505 e. The zero-order valence-corrected chi connectivity index (χ0v) is 20.7. The van der Waals surface area contributed by atoms with Crippen molar-refractivity contribution in [3.63, 3.8) is 0 Å². The van der Waals surface area contributed by atoms with Crippen LogP contribution in [0.5, 0.6) is 5.75 Å². The quantitative estimate of drug-likeness (QED) is 0.354. The monoisotopic (exact) mass is 521 g/mol. The number of pyridine rings is 2. The van der Waals surface area contributed by atoms with E-state index in [1.165, 1.54) is 29.1 Å². The van der Waals surface area contributed by atoms with Gasteiger partial charge in [0.1, 0.15) is 28.5 Å². The maximum atomic E-state index is 12.9. The van der Waals surface area contributed by atoms with Crippen LogP contribution in [-0.4, -0.2) is 71.0 Å². The second kappa shape index (κ2) is 9.04. The third-order valence-electron chi connectivity index (χ3n) is 6.45. The molecule has 3 atom stereocenters. The highest BCUT2D eigenvalue weighted by Crippen LogP contribution is 2.50. The number of nitrogens with one attached hydrogen (secondary N) is 2. The summed E-state index contributed by atoms with van der Waals surface area (Å²) in [6, 6.07) is 8.23. The molecule has 4 heterocycles. The topological polar surface area (TPSA) is 162 Å². The maximum Gasteiger partial charge on any atom is 0.327 e. The molecule has 0 bridgehead atoms. The van der Waals surface area contributed by atoms with Crippen LogP contribution in [-0.2, 0) is 20.8 Å². The molecular formula is C25H23N5O6S. The lowest BCUT2D eigenvalue weighted by molar-refractivity contribution is -0.161. The van der Waals surface area contributed by atoms with E-state index in [2.05, 4.69) is 20.6 Å². The van der Waals surface area contributed by atoms with E-state index in [1.807, 2.05) is 0 Å². The highest BCUT2D eigenvalue weighted by atomic mass is 32.2. The maximum absolute atomic E-state index is 12.9. The Labute approximate surface area is 215 Å². The number of benzene rings is 1. The predicted octanol–water partition coefficient (Wildman–Crippen LogP) is 1.76. The van der Waals surface area contributed by atoms with Crippen molar-refractivity contribution in [3.05, 3.63) is 59.9 Å². The van der Waals surface area contributed by atoms with E-state index in [4.69, 9.17) is 0 Å². The summed E-state index contributed by atoms with van der Waals surface area (Å²) in [6.07, 6.45) is 2.61. The molecule has 3 aromatic rings. The molecule has 0 spiro atoms. The molecule has 5 rings (SSSR count). The summed E-state index contributed by atoms with van der Waals surface area (Å²) < 4.78 is -0.693. The fourth-order valence-corrected chi connectivity index (χ4v) is 6.33. The number of anilines is 1. The van der Waals surface area contributed by atoms with Crippen LogP contribution in [0.4, 0.5) is 5.69 Å². The van der Waals surface area contributed by atoms with Crippen LogP contribution in [0.25, 0.3) is 11.0 Å². The van der Waals surface area contributed by atoms with Gasteiger partial charge in [-0.05, 0) is 37.6 Å². The van der Waals surface area contributed by atoms with Gasteiger partial charge in [0.2, 0.25) is 11.8 Å². The van der Waals surface area contributed by atoms with Crippen LogP contribution in [0.2, 0.25) is 0 Å². The molecule has 3 amide bonds.